The molecule has 2 bridgehead atoms. The number of rotatable bonds is 8. The summed E-state index contributed by atoms with van der Waals surface area (Å²) in [5, 5.41) is 15.1. The minimum absolute atomic E-state index is 0.0347. The van der Waals surface area contributed by atoms with Gasteiger partial charge in [-0.25, -0.2) is 4.79 Å². The Morgan fingerprint density at radius 1 is 0.974 bits per heavy atom. The molecule has 1 saturated carbocycles. The highest BCUT2D eigenvalue weighted by Crippen LogP contribution is 2.53. The van der Waals surface area contributed by atoms with E-state index in [1.54, 1.807) is 0 Å². The largest absolute Gasteiger partial charge is 0.392 e. The quantitative estimate of drug-likeness (QED) is 0.419. The Morgan fingerprint density at radius 2 is 1.67 bits per heavy atom. The van der Waals surface area contributed by atoms with Crippen LogP contribution in [0.3, 0.4) is 0 Å². The number of carbonyl (C=O) groups excluding carboxylic acids is 1. The maximum atomic E-state index is 11.8. The van der Waals surface area contributed by atoms with E-state index < -0.39 is 6.29 Å². The van der Waals surface area contributed by atoms with Crippen molar-refractivity contribution < 1.29 is 19.4 Å². The molecule has 7 heteroatoms. The van der Waals surface area contributed by atoms with Gasteiger partial charge in [-0.05, 0) is 53.7 Å². The van der Waals surface area contributed by atoms with E-state index in [0.717, 1.165) is 41.8 Å². The molecule has 5 atom stereocenters. The van der Waals surface area contributed by atoms with E-state index in [2.05, 4.69) is 48.4 Å². The number of aliphatic hydroxyl groups excluding tert-OH is 1. The molecule has 2 aromatic carbocycles. The van der Waals surface area contributed by atoms with E-state index in [9.17, 15) is 9.90 Å². The third-order valence-electron chi connectivity index (χ3n) is 8.62. The lowest BCUT2D eigenvalue weighted by atomic mass is 9.65. The Labute approximate surface area is 233 Å². The van der Waals surface area contributed by atoms with Crippen LogP contribution >= 0.6 is 0 Å². The number of ether oxygens (including phenoxy) is 2. The zero-order valence-electron chi connectivity index (χ0n) is 23.9. The van der Waals surface area contributed by atoms with Crippen LogP contribution in [0.25, 0.3) is 0 Å². The standard InChI is InChI=1S/C32H45N3O4/c1-5-33-30(37)34-17-22-6-12-25(13-7-22)29-38-27(14-28(39-29)24-10-8-23(19-36)9-11-24)18-35-21-32(4)16-26(35)15-31(2,3)20-32/h6-13,26-29,36H,5,14-21H2,1-4H3,(H2,33,34,37)/t26?,27-,28+,29+,32?/m1/s1. The number of nitrogens with zero attached hydrogens (tertiary/aromatic N) is 1. The van der Waals surface area contributed by atoms with Gasteiger partial charge in [-0.3, -0.25) is 4.90 Å². The Kier molecular flexibility index (Phi) is 8.34. The topological polar surface area (TPSA) is 83.1 Å². The second-order valence-corrected chi connectivity index (χ2v) is 12.9. The highest BCUT2D eigenvalue weighted by atomic mass is 16.7. The Morgan fingerprint density at radius 3 is 2.36 bits per heavy atom. The van der Waals surface area contributed by atoms with Gasteiger partial charge in [-0.2, -0.15) is 0 Å². The SMILES string of the molecule is CCNC(=O)NCc1ccc([C@H]2O[C@@H](CN3CC4(C)CC3CC(C)(C)C4)C[C@@H](c3ccc(CO)cc3)O2)cc1. The molecule has 2 aromatic rings. The van der Waals surface area contributed by atoms with E-state index in [4.69, 9.17) is 9.47 Å². The molecule has 2 unspecified atom stereocenters. The molecule has 2 saturated heterocycles. The molecule has 39 heavy (non-hydrogen) atoms. The van der Waals surface area contributed by atoms with E-state index in [-0.39, 0.29) is 24.8 Å². The Bertz CT molecular complexity index is 1120. The van der Waals surface area contributed by atoms with Crippen molar-refractivity contribution in [2.24, 2.45) is 10.8 Å². The molecule has 212 valence electrons. The number of benzene rings is 2. The van der Waals surface area contributed by atoms with Gasteiger partial charge in [0.05, 0.1) is 18.8 Å². The van der Waals surface area contributed by atoms with Gasteiger partial charge < -0.3 is 25.2 Å². The molecule has 0 aromatic heterocycles. The first-order chi connectivity index (χ1) is 18.6. The monoisotopic (exact) mass is 535 g/mol. The summed E-state index contributed by atoms with van der Waals surface area (Å²) in [5.41, 5.74) is 4.78. The van der Waals surface area contributed by atoms with Gasteiger partial charge in [0.2, 0.25) is 0 Å². The number of carbonyl (C=O) groups is 1. The van der Waals surface area contributed by atoms with Crippen molar-refractivity contribution in [1.29, 1.82) is 0 Å². The van der Waals surface area contributed by atoms with Crippen LogP contribution < -0.4 is 10.6 Å². The van der Waals surface area contributed by atoms with Gasteiger partial charge >= 0.3 is 6.03 Å². The summed E-state index contributed by atoms with van der Waals surface area (Å²) in [5.74, 6) is 0. The zero-order valence-corrected chi connectivity index (χ0v) is 23.9. The molecular formula is C32H45N3O4. The van der Waals surface area contributed by atoms with E-state index in [1.807, 2.05) is 43.3 Å². The van der Waals surface area contributed by atoms with Crippen molar-refractivity contribution in [3.8, 4) is 0 Å². The van der Waals surface area contributed by atoms with E-state index >= 15 is 0 Å². The molecule has 2 heterocycles. The second kappa shape index (κ2) is 11.6. The van der Waals surface area contributed by atoms with Crippen molar-refractivity contribution in [2.45, 2.75) is 91.1 Å². The summed E-state index contributed by atoms with van der Waals surface area (Å²) in [7, 11) is 0. The first-order valence-corrected chi connectivity index (χ1v) is 14.5. The maximum Gasteiger partial charge on any atom is 0.315 e. The molecule has 5 rings (SSSR count). The number of nitrogens with one attached hydrogen (secondary N) is 2. The van der Waals surface area contributed by atoms with Gasteiger partial charge in [0.25, 0.3) is 0 Å². The summed E-state index contributed by atoms with van der Waals surface area (Å²) < 4.78 is 13.2. The smallest absolute Gasteiger partial charge is 0.315 e. The lowest BCUT2D eigenvalue weighted by Crippen LogP contribution is -2.42. The zero-order chi connectivity index (χ0) is 27.6. The fraction of sp³-hybridized carbons (Fsp3) is 0.594. The predicted molar refractivity (Wildman–Crippen MR) is 152 cm³/mol. The Hall–Kier alpha value is -2.45. The molecule has 3 N–H and O–H groups in total. The number of aliphatic hydroxyl groups is 1. The summed E-state index contributed by atoms with van der Waals surface area (Å²) in [6.07, 6.45) is 4.10. The number of urea groups is 1. The molecule has 3 fully saturated rings. The highest BCUT2D eigenvalue weighted by Gasteiger charge is 2.50. The predicted octanol–water partition coefficient (Wildman–Crippen LogP) is 5.44. The first kappa shape index (κ1) is 28.1. The van der Waals surface area contributed by atoms with Crippen LogP contribution in [0.1, 0.15) is 88.0 Å². The molecule has 0 spiro atoms. The van der Waals surface area contributed by atoms with Crippen LogP contribution in [-0.4, -0.2) is 47.8 Å². The lowest BCUT2D eigenvalue weighted by Gasteiger charge is -2.41. The van der Waals surface area contributed by atoms with Crippen LogP contribution in [0.2, 0.25) is 0 Å². The summed E-state index contributed by atoms with van der Waals surface area (Å²) >= 11 is 0. The third-order valence-corrected chi connectivity index (χ3v) is 8.62. The van der Waals surface area contributed by atoms with E-state index in [1.165, 1.54) is 19.3 Å². The van der Waals surface area contributed by atoms with Crippen molar-refractivity contribution in [1.82, 2.24) is 15.5 Å². The molecule has 2 amide bonds. The van der Waals surface area contributed by atoms with Crippen molar-refractivity contribution in [3.63, 3.8) is 0 Å². The molecule has 1 aliphatic carbocycles. The molecule has 2 aliphatic heterocycles. The van der Waals surface area contributed by atoms with Crippen molar-refractivity contribution >= 4 is 6.03 Å². The summed E-state index contributed by atoms with van der Waals surface area (Å²) in [4.78, 5) is 14.4. The van der Waals surface area contributed by atoms with E-state index in [0.29, 0.717) is 30.0 Å². The Balaban J connectivity index is 1.31. The van der Waals surface area contributed by atoms with Crippen LogP contribution in [0.4, 0.5) is 4.79 Å². The fourth-order valence-corrected chi connectivity index (χ4v) is 7.28. The number of fused-ring (bicyclic) bond motifs is 2. The van der Waals surface area contributed by atoms with Gasteiger partial charge in [-0.15, -0.1) is 0 Å². The van der Waals surface area contributed by atoms with Gasteiger partial charge in [0.1, 0.15) is 0 Å². The van der Waals surface area contributed by atoms with Gasteiger partial charge in [0, 0.05) is 44.2 Å². The number of likely N-dealkylation sites (tertiary alicyclic amines) is 1. The minimum atomic E-state index is -0.467. The maximum absolute atomic E-state index is 11.8. The molecule has 0 radical (unpaired) electrons. The van der Waals surface area contributed by atoms with Crippen LogP contribution in [-0.2, 0) is 22.6 Å². The highest BCUT2D eigenvalue weighted by molar-refractivity contribution is 5.73. The van der Waals surface area contributed by atoms with Crippen molar-refractivity contribution in [3.05, 3.63) is 70.8 Å². The minimum Gasteiger partial charge on any atom is -0.392 e. The molecule has 3 aliphatic rings. The first-order valence-electron chi connectivity index (χ1n) is 14.5. The molecule has 7 nitrogen and oxygen atoms in total. The third kappa shape index (κ3) is 6.83. The van der Waals surface area contributed by atoms with Crippen LogP contribution in [0.5, 0.6) is 0 Å². The van der Waals surface area contributed by atoms with Crippen LogP contribution in [0.15, 0.2) is 48.5 Å². The van der Waals surface area contributed by atoms with Gasteiger partial charge in [0.15, 0.2) is 6.29 Å². The lowest BCUT2D eigenvalue weighted by molar-refractivity contribution is -0.253. The van der Waals surface area contributed by atoms with Gasteiger partial charge in [-0.1, -0.05) is 69.3 Å². The van der Waals surface area contributed by atoms with Crippen molar-refractivity contribution in [2.75, 3.05) is 19.6 Å². The summed E-state index contributed by atoms with van der Waals surface area (Å²) in [6.45, 7) is 12.3. The number of hydrogen-bond acceptors (Lipinski definition) is 5. The number of hydrogen-bond donors (Lipinski definition) is 3. The normalized spacial score (nSPS) is 30.2. The van der Waals surface area contributed by atoms with Crippen LogP contribution in [0, 0.1) is 10.8 Å². The summed E-state index contributed by atoms with van der Waals surface area (Å²) in [6, 6.07) is 16.7. The molecular weight excluding hydrogens is 490 g/mol. The average molecular weight is 536 g/mol. The second-order valence-electron chi connectivity index (χ2n) is 12.9. The fourth-order valence-electron chi connectivity index (χ4n) is 7.28. The average Bonchev–Trinajstić information content (AvgIpc) is 3.15. The number of amides is 2.